The SMILES string of the molecule is Cc1cc(F)ccc1C(=O)Nn1c(C)ccc1C. The van der Waals surface area contributed by atoms with E-state index >= 15 is 0 Å². The summed E-state index contributed by atoms with van der Waals surface area (Å²) < 4.78 is 14.7. The molecule has 1 heterocycles. The van der Waals surface area contributed by atoms with E-state index in [0.717, 1.165) is 11.4 Å². The predicted molar refractivity (Wildman–Crippen MR) is 68.7 cm³/mol. The topological polar surface area (TPSA) is 34.0 Å². The summed E-state index contributed by atoms with van der Waals surface area (Å²) in [5, 5.41) is 0. The van der Waals surface area contributed by atoms with Gasteiger partial charge in [0.05, 0.1) is 0 Å². The maximum atomic E-state index is 13.0. The number of nitrogens with zero attached hydrogens (tertiary/aromatic N) is 1. The first kappa shape index (κ1) is 12.4. The minimum atomic E-state index is -0.336. The van der Waals surface area contributed by atoms with Crippen LogP contribution in [-0.2, 0) is 0 Å². The molecule has 0 bridgehead atoms. The largest absolute Gasteiger partial charge is 0.270 e. The van der Waals surface area contributed by atoms with Crippen LogP contribution < -0.4 is 5.43 Å². The summed E-state index contributed by atoms with van der Waals surface area (Å²) in [6.45, 7) is 5.53. The standard InChI is InChI=1S/C14H15FN2O/c1-9-8-12(15)6-7-13(9)14(18)16-17-10(2)4-5-11(17)3/h4-8H,1-3H3,(H,16,18). The number of aromatic nitrogens is 1. The number of benzene rings is 1. The van der Waals surface area contributed by atoms with Crippen LogP contribution in [0.4, 0.5) is 4.39 Å². The lowest BCUT2D eigenvalue weighted by molar-refractivity contribution is 0.101. The number of amides is 1. The number of halogens is 1. The second-order valence-electron chi connectivity index (χ2n) is 4.35. The first-order chi connectivity index (χ1) is 8.49. The van der Waals surface area contributed by atoms with Crippen molar-refractivity contribution in [1.29, 1.82) is 0 Å². The Morgan fingerprint density at radius 2 is 1.72 bits per heavy atom. The van der Waals surface area contributed by atoms with Gasteiger partial charge in [0.2, 0.25) is 0 Å². The highest BCUT2D eigenvalue weighted by molar-refractivity contribution is 6.01. The first-order valence-electron chi connectivity index (χ1n) is 5.71. The smallest absolute Gasteiger partial charge is 0.267 e. The third kappa shape index (κ3) is 2.27. The molecule has 0 unspecified atom stereocenters. The molecular formula is C14H15FN2O. The van der Waals surface area contributed by atoms with Crippen LogP contribution in [0.2, 0.25) is 0 Å². The highest BCUT2D eigenvalue weighted by Gasteiger charge is 2.11. The molecule has 0 spiro atoms. The minimum absolute atomic E-state index is 0.241. The molecule has 0 aliphatic heterocycles. The van der Waals surface area contributed by atoms with Crippen molar-refractivity contribution < 1.29 is 9.18 Å². The molecule has 0 aliphatic rings. The van der Waals surface area contributed by atoms with Crippen LogP contribution >= 0.6 is 0 Å². The van der Waals surface area contributed by atoms with Crippen LogP contribution in [0.5, 0.6) is 0 Å². The molecule has 0 atom stereocenters. The van der Waals surface area contributed by atoms with E-state index in [1.165, 1.54) is 18.2 Å². The monoisotopic (exact) mass is 246 g/mol. The van der Waals surface area contributed by atoms with Crippen LogP contribution in [0.1, 0.15) is 27.3 Å². The molecule has 0 fully saturated rings. The number of rotatable bonds is 2. The third-order valence-corrected chi connectivity index (χ3v) is 2.92. The number of carbonyl (C=O) groups excluding carboxylic acids is 1. The molecule has 0 radical (unpaired) electrons. The van der Waals surface area contributed by atoms with Crippen molar-refractivity contribution >= 4 is 5.91 Å². The zero-order valence-corrected chi connectivity index (χ0v) is 10.6. The van der Waals surface area contributed by atoms with Crippen LogP contribution in [-0.4, -0.2) is 10.6 Å². The van der Waals surface area contributed by atoms with E-state index in [-0.39, 0.29) is 11.7 Å². The van der Waals surface area contributed by atoms with Crippen molar-refractivity contribution in [3.05, 3.63) is 58.7 Å². The van der Waals surface area contributed by atoms with Gasteiger partial charge < -0.3 is 0 Å². The van der Waals surface area contributed by atoms with Crippen LogP contribution in [0.25, 0.3) is 0 Å². The lowest BCUT2D eigenvalue weighted by atomic mass is 10.1. The Morgan fingerprint density at radius 3 is 2.28 bits per heavy atom. The number of hydrogen-bond acceptors (Lipinski definition) is 1. The van der Waals surface area contributed by atoms with Gasteiger partial charge in [0.25, 0.3) is 5.91 Å². The second-order valence-corrected chi connectivity index (χ2v) is 4.35. The Balaban J connectivity index is 2.28. The quantitative estimate of drug-likeness (QED) is 0.868. The van der Waals surface area contributed by atoms with Crippen molar-refractivity contribution in [2.75, 3.05) is 5.43 Å². The van der Waals surface area contributed by atoms with Gasteiger partial charge in [0.1, 0.15) is 5.82 Å². The summed E-state index contributed by atoms with van der Waals surface area (Å²) in [4.78, 5) is 12.1. The molecule has 94 valence electrons. The highest BCUT2D eigenvalue weighted by atomic mass is 19.1. The van der Waals surface area contributed by atoms with Gasteiger partial charge in [-0.1, -0.05) is 0 Å². The van der Waals surface area contributed by atoms with Crippen molar-refractivity contribution in [1.82, 2.24) is 4.68 Å². The summed E-state index contributed by atoms with van der Waals surface area (Å²) in [5.41, 5.74) is 5.78. The second kappa shape index (κ2) is 4.64. The number of aryl methyl sites for hydroxylation is 3. The maximum Gasteiger partial charge on any atom is 0.270 e. The normalized spacial score (nSPS) is 10.4. The average Bonchev–Trinajstić information content (AvgIpc) is 2.60. The van der Waals surface area contributed by atoms with Gasteiger partial charge >= 0.3 is 0 Å². The molecule has 4 heteroatoms. The summed E-state index contributed by atoms with van der Waals surface area (Å²) in [6.07, 6.45) is 0. The molecule has 1 aromatic heterocycles. The fourth-order valence-electron chi connectivity index (χ4n) is 1.89. The highest BCUT2D eigenvalue weighted by Crippen LogP contribution is 2.11. The van der Waals surface area contributed by atoms with Gasteiger partial charge in [-0.2, -0.15) is 0 Å². The van der Waals surface area contributed by atoms with Crippen molar-refractivity contribution in [3.63, 3.8) is 0 Å². The Labute approximate surface area is 105 Å². The third-order valence-electron chi connectivity index (χ3n) is 2.92. The summed E-state index contributed by atoms with van der Waals surface area (Å²) in [5.74, 6) is -0.577. The molecule has 1 aromatic carbocycles. The zero-order valence-electron chi connectivity index (χ0n) is 10.6. The van der Waals surface area contributed by atoms with Gasteiger partial charge in [-0.3, -0.25) is 14.9 Å². The van der Waals surface area contributed by atoms with E-state index in [1.54, 1.807) is 11.6 Å². The van der Waals surface area contributed by atoms with Gasteiger partial charge in [0, 0.05) is 17.0 Å². The van der Waals surface area contributed by atoms with E-state index in [1.807, 2.05) is 26.0 Å². The molecule has 1 amide bonds. The van der Waals surface area contributed by atoms with Crippen molar-refractivity contribution in [3.8, 4) is 0 Å². The molecule has 3 nitrogen and oxygen atoms in total. The van der Waals surface area contributed by atoms with Gasteiger partial charge in [0.15, 0.2) is 0 Å². The molecular weight excluding hydrogens is 231 g/mol. The van der Waals surface area contributed by atoms with E-state index in [9.17, 15) is 9.18 Å². The molecule has 2 aromatic rings. The number of hydrogen-bond donors (Lipinski definition) is 1. The summed E-state index contributed by atoms with van der Waals surface area (Å²) in [7, 11) is 0. The summed E-state index contributed by atoms with van der Waals surface area (Å²) in [6, 6.07) is 7.98. The fraction of sp³-hybridized carbons (Fsp3) is 0.214. The Bertz CT molecular complexity index is 582. The van der Waals surface area contributed by atoms with Crippen LogP contribution in [0.3, 0.4) is 0 Å². The average molecular weight is 246 g/mol. The fourth-order valence-corrected chi connectivity index (χ4v) is 1.89. The molecule has 0 aliphatic carbocycles. The molecule has 2 rings (SSSR count). The lowest BCUT2D eigenvalue weighted by Crippen LogP contribution is -2.25. The number of carbonyl (C=O) groups is 1. The molecule has 0 saturated carbocycles. The Kier molecular flexibility index (Phi) is 3.19. The van der Waals surface area contributed by atoms with E-state index in [4.69, 9.17) is 0 Å². The van der Waals surface area contributed by atoms with Crippen LogP contribution in [0, 0.1) is 26.6 Å². The van der Waals surface area contributed by atoms with Gasteiger partial charge in [-0.15, -0.1) is 0 Å². The minimum Gasteiger partial charge on any atom is -0.267 e. The Morgan fingerprint density at radius 1 is 1.11 bits per heavy atom. The van der Waals surface area contributed by atoms with Gasteiger partial charge in [-0.05, 0) is 56.7 Å². The van der Waals surface area contributed by atoms with Crippen molar-refractivity contribution in [2.24, 2.45) is 0 Å². The maximum absolute atomic E-state index is 13.0. The zero-order chi connectivity index (χ0) is 13.3. The molecule has 0 saturated heterocycles. The van der Waals surface area contributed by atoms with E-state index in [2.05, 4.69) is 5.43 Å². The molecule has 1 N–H and O–H groups in total. The summed E-state index contributed by atoms with van der Waals surface area (Å²) >= 11 is 0. The van der Waals surface area contributed by atoms with Crippen LogP contribution in [0.15, 0.2) is 30.3 Å². The van der Waals surface area contributed by atoms with E-state index in [0.29, 0.717) is 11.1 Å². The lowest BCUT2D eigenvalue weighted by Gasteiger charge is -2.12. The predicted octanol–water partition coefficient (Wildman–Crippen LogP) is 2.94. The molecule has 18 heavy (non-hydrogen) atoms. The number of nitrogens with one attached hydrogen (secondary N) is 1. The van der Waals surface area contributed by atoms with E-state index < -0.39 is 0 Å². The van der Waals surface area contributed by atoms with Gasteiger partial charge in [-0.25, -0.2) is 4.39 Å². The van der Waals surface area contributed by atoms with Crippen molar-refractivity contribution in [2.45, 2.75) is 20.8 Å². The Hall–Kier alpha value is -2.10. The first-order valence-corrected chi connectivity index (χ1v) is 5.71.